The van der Waals surface area contributed by atoms with Gasteiger partial charge in [0.15, 0.2) is 17.4 Å². The van der Waals surface area contributed by atoms with Crippen LogP contribution in [0.1, 0.15) is 41.6 Å². The molecule has 5 rings (SSSR count). The molecule has 0 fully saturated rings. The first-order valence-electron chi connectivity index (χ1n) is 10.8. The van der Waals surface area contributed by atoms with E-state index in [2.05, 4.69) is 5.32 Å². The molecule has 2 aromatic carbocycles. The van der Waals surface area contributed by atoms with Gasteiger partial charge in [0.05, 0.1) is 14.2 Å². The smallest absolute Gasteiger partial charge is 0.236 e. The Balaban J connectivity index is 1.67. The average molecular weight is 504 g/mol. The van der Waals surface area contributed by atoms with Crippen LogP contribution in [0, 0.1) is 17.6 Å². The van der Waals surface area contributed by atoms with Gasteiger partial charge in [0.2, 0.25) is 23.1 Å². The molecule has 0 saturated heterocycles. The molecule has 2 aromatic rings. The number of nitrogens with one attached hydrogen (secondary N) is 1. The number of hydrogen-bond donors (Lipinski definition) is 1. The van der Waals surface area contributed by atoms with E-state index in [0.29, 0.717) is 5.70 Å². The van der Waals surface area contributed by atoms with Crippen molar-refractivity contribution in [3.8, 4) is 17.2 Å². The molecule has 10 heteroatoms. The predicted octanol–water partition coefficient (Wildman–Crippen LogP) is 4.12. The predicted molar refractivity (Wildman–Crippen MR) is 120 cm³/mol. The van der Waals surface area contributed by atoms with Crippen LogP contribution in [0.5, 0.6) is 17.2 Å². The van der Waals surface area contributed by atoms with Gasteiger partial charge in [0.25, 0.3) is 0 Å². The molecule has 1 N–H and O–H groups in total. The van der Waals surface area contributed by atoms with Crippen LogP contribution in [0.2, 0.25) is 5.02 Å². The highest BCUT2D eigenvalue weighted by molar-refractivity contribution is 6.36. The lowest BCUT2D eigenvalue weighted by Gasteiger charge is -2.41. The summed E-state index contributed by atoms with van der Waals surface area (Å²) < 4.78 is 44.4. The van der Waals surface area contributed by atoms with Crippen molar-refractivity contribution in [2.45, 2.75) is 31.3 Å². The normalized spacial score (nSPS) is 25.3. The summed E-state index contributed by atoms with van der Waals surface area (Å²) in [5.74, 6) is -5.09. The Bertz CT molecular complexity index is 1360. The number of methoxy groups -OCH3 is 2. The number of rotatable bonds is 3. The maximum atomic E-state index is 14.1. The molecular formula is C25H20ClF2NO6. The second-order valence-corrected chi connectivity index (χ2v) is 9.15. The number of Topliss-reactive ketones (excluding diaryl/α,β-unsaturated/α-hetero) is 2. The lowest BCUT2D eigenvalue weighted by Crippen LogP contribution is -2.59. The summed E-state index contributed by atoms with van der Waals surface area (Å²) >= 11 is 6.44. The van der Waals surface area contributed by atoms with Gasteiger partial charge < -0.3 is 19.5 Å². The Morgan fingerprint density at radius 2 is 1.74 bits per heavy atom. The molecule has 1 amide bonds. The molecule has 182 valence electrons. The lowest BCUT2D eigenvalue weighted by molar-refractivity contribution is -0.131. The Hall–Kier alpha value is -3.46. The first kappa shape index (κ1) is 23.3. The molecule has 0 saturated carbocycles. The molecule has 3 aliphatic rings. The largest absolute Gasteiger partial charge is 0.496 e. The molecule has 35 heavy (non-hydrogen) atoms. The number of halogens is 3. The van der Waals surface area contributed by atoms with Crippen molar-refractivity contribution in [3.05, 3.63) is 63.3 Å². The van der Waals surface area contributed by atoms with Gasteiger partial charge in [-0.15, -0.1) is 0 Å². The van der Waals surface area contributed by atoms with Crippen molar-refractivity contribution in [1.82, 2.24) is 5.32 Å². The topological polar surface area (TPSA) is 90.9 Å². The minimum Gasteiger partial charge on any atom is -0.496 e. The zero-order valence-electron chi connectivity index (χ0n) is 19.0. The number of carbonyl (C=O) groups excluding carboxylic acids is 3. The summed E-state index contributed by atoms with van der Waals surface area (Å²) in [6, 6.07) is 4.65. The quantitative estimate of drug-likeness (QED) is 0.634. The third-order valence-corrected chi connectivity index (χ3v) is 7.26. The van der Waals surface area contributed by atoms with Crippen molar-refractivity contribution in [1.29, 1.82) is 0 Å². The molecule has 1 spiro atoms. The number of ether oxygens (including phenoxy) is 3. The fourth-order valence-electron chi connectivity index (χ4n) is 5.20. The van der Waals surface area contributed by atoms with Crippen molar-refractivity contribution in [2.24, 2.45) is 5.92 Å². The highest BCUT2D eigenvalue weighted by Gasteiger charge is 2.63. The summed E-state index contributed by atoms with van der Waals surface area (Å²) in [5.41, 5.74) is -1.25. The third kappa shape index (κ3) is 3.17. The molecule has 3 atom stereocenters. The van der Waals surface area contributed by atoms with Crippen molar-refractivity contribution >= 4 is 29.1 Å². The number of ketones is 2. The number of amides is 1. The number of hydrogen-bond acceptors (Lipinski definition) is 6. The summed E-state index contributed by atoms with van der Waals surface area (Å²) in [5, 5.41) is 2.73. The van der Waals surface area contributed by atoms with Crippen molar-refractivity contribution in [3.63, 3.8) is 0 Å². The molecule has 0 radical (unpaired) electrons. The van der Waals surface area contributed by atoms with Gasteiger partial charge in [-0.1, -0.05) is 24.6 Å². The van der Waals surface area contributed by atoms with Crippen molar-refractivity contribution < 1.29 is 37.4 Å². The number of carbonyl (C=O) groups is 3. The first-order chi connectivity index (χ1) is 16.6. The van der Waals surface area contributed by atoms with Crippen LogP contribution in [0.4, 0.5) is 8.78 Å². The second kappa shape index (κ2) is 8.05. The Labute approximate surface area is 204 Å². The minimum atomic E-state index is -1.97. The van der Waals surface area contributed by atoms with Crippen LogP contribution in [0.25, 0.3) is 0 Å². The maximum Gasteiger partial charge on any atom is 0.236 e. The van der Waals surface area contributed by atoms with Gasteiger partial charge in [-0.2, -0.15) is 0 Å². The van der Waals surface area contributed by atoms with Gasteiger partial charge >= 0.3 is 0 Å². The van der Waals surface area contributed by atoms with Gasteiger partial charge in [0.1, 0.15) is 22.1 Å². The second-order valence-electron chi connectivity index (χ2n) is 8.77. The Morgan fingerprint density at radius 3 is 2.40 bits per heavy atom. The highest BCUT2D eigenvalue weighted by Crippen LogP contribution is 2.55. The van der Waals surface area contributed by atoms with Gasteiger partial charge in [-0.3, -0.25) is 14.4 Å². The molecule has 0 unspecified atom stereocenters. The summed E-state index contributed by atoms with van der Waals surface area (Å²) in [6.07, 6.45) is -0.0526. The van der Waals surface area contributed by atoms with E-state index in [9.17, 15) is 23.2 Å². The highest BCUT2D eigenvalue weighted by atomic mass is 35.5. The Kier molecular flexibility index (Phi) is 5.36. The molecule has 7 nitrogen and oxygen atoms in total. The lowest BCUT2D eigenvalue weighted by atomic mass is 9.66. The number of allylic oxidation sites excluding steroid dienone is 1. The van der Waals surface area contributed by atoms with E-state index >= 15 is 0 Å². The van der Waals surface area contributed by atoms with E-state index in [0.717, 1.165) is 12.1 Å². The van der Waals surface area contributed by atoms with Crippen LogP contribution in [0.15, 0.2) is 35.5 Å². The fourth-order valence-corrected chi connectivity index (χ4v) is 5.47. The zero-order valence-corrected chi connectivity index (χ0v) is 19.7. The van der Waals surface area contributed by atoms with E-state index in [1.165, 1.54) is 26.4 Å². The molecular weight excluding hydrogens is 484 g/mol. The summed E-state index contributed by atoms with van der Waals surface area (Å²) in [6.45, 7) is 1.66. The zero-order chi connectivity index (χ0) is 25.2. The van der Waals surface area contributed by atoms with E-state index in [4.69, 9.17) is 25.8 Å². The summed E-state index contributed by atoms with van der Waals surface area (Å²) in [7, 11) is 2.76. The number of benzene rings is 2. The minimum absolute atomic E-state index is 0.0161. The molecule has 1 aliphatic carbocycles. The fraction of sp³-hybridized carbons (Fsp3) is 0.320. The van der Waals surface area contributed by atoms with E-state index < -0.39 is 40.6 Å². The first-order valence-corrected chi connectivity index (χ1v) is 11.2. The monoisotopic (exact) mass is 503 g/mol. The van der Waals surface area contributed by atoms with Gasteiger partial charge in [0, 0.05) is 35.6 Å². The average Bonchev–Trinajstić information content (AvgIpc) is 3.14. The summed E-state index contributed by atoms with van der Waals surface area (Å²) in [4.78, 5) is 40.5. The van der Waals surface area contributed by atoms with E-state index in [1.54, 1.807) is 6.92 Å². The van der Waals surface area contributed by atoms with E-state index in [-0.39, 0.29) is 57.7 Å². The van der Waals surface area contributed by atoms with Gasteiger partial charge in [-0.05, 0) is 24.1 Å². The molecule has 0 aromatic heterocycles. The van der Waals surface area contributed by atoms with Crippen molar-refractivity contribution in [2.75, 3.05) is 14.2 Å². The Morgan fingerprint density at radius 1 is 1.03 bits per heavy atom. The van der Waals surface area contributed by atoms with Crippen LogP contribution >= 0.6 is 11.6 Å². The van der Waals surface area contributed by atoms with Gasteiger partial charge in [-0.25, -0.2) is 8.78 Å². The maximum absolute atomic E-state index is 14.1. The third-order valence-electron chi connectivity index (χ3n) is 6.90. The standard InChI is InChI=1S/C25H20ClF2NO6/c1-10-6-15-19(12(8-18(30)29-15)11-4-5-13(27)14(28)7-11)23(31)25(10)24(32)20-16(33-2)9-17(34-3)21(26)22(20)35-25/h4-5,7,9-10,12H,6,8H2,1-3H3,(H,29,30)/t10-,12+,25+/m1/s1. The van der Waals surface area contributed by atoms with Crippen LogP contribution < -0.4 is 19.5 Å². The SMILES string of the molecule is COc1cc(OC)c2c(c1Cl)O[C@@]1(C(=O)C3=C(C[C@H]1C)NC(=O)C[C@H]3c1ccc(F)c(F)c1)C2=O. The van der Waals surface area contributed by atoms with Crippen LogP contribution in [-0.2, 0) is 9.59 Å². The van der Waals surface area contributed by atoms with E-state index in [1.807, 2.05) is 0 Å². The molecule has 2 aliphatic heterocycles. The number of fused-ring (bicyclic) bond motifs is 1. The molecule has 2 heterocycles. The molecule has 0 bridgehead atoms. The van der Waals surface area contributed by atoms with Crippen LogP contribution in [0.3, 0.4) is 0 Å². The van der Waals surface area contributed by atoms with Crippen LogP contribution in [-0.4, -0.2) is 37.3 Å².